The molecule has 0 aliphatic heterocycles. The van der Waals surface area contributed by atoms with Crippen molar-refractivity contribution in [3.63, 3.8) is 0 Å². The van der Waals surface area contributed by atoms with Crippen molar-refractivity contribution in [2.24, 2.45) is 0 Å². The highest BCUT2D eigenvalue weighted by Crippen LogP contribution is 2.31. The highest BCUT2D eigenvalue weighted by atomic mass is 35.5. The molecule has 5 nitrogen and oxygen atoms in total. The van der Waals surface area contributed by atoms with E-state index in [2.05, 4.69) is 10.0 Å². The fraction of sp³-hybridized carbons (Fsp3) is 0.286. The first-order chi connectivity index (χ1) is 13.3. The van der Waals surface area contributed by atoms with Gasteiger partial charge in [-0.15, -0.1) is 0 Å². The summed E-state index contributed by atoms with van der Waals surface area (Å²) in [4.78, 5) is 12.2. The molecule has 0 radical (unpaired) electrons. The second-order valence-electron chi connectivity index (χ2n) is 6.77. The average Bonchev–Trinajstić information content (AvgIpc) is 2.67. The third-order valence-electron chi connectivity index (χ3n) is 4.85. The van der Waals surface area contributed by atoms with Crippen LogP contribution in [0.4, 0.5) is 11.4 Å². The van der Waals surface area contributed by atoms with Crippen LogP contribution in [0.5, 0.6) is 0 Å². The van der Waals surface area contributed by atoms with Gasteiger partial charge in [0.25, 0.3) is 10.0 Å². The first-order valence-electron chi connectivity index (χ1n) is 9.22. The third kappa shape index (κ3) is 4.39. The Kier molecular flexibility index (Phi) is 6.10. The minimum absolute atomic E-state index is 0.123. The summed E-state index contributed by atoms with van der Waals surface area (Å²) in [5.41, 5.74) is 3.25. The van der Waals surface area contributed by atoms with E-state index >= 15 is 0 Å². The Balaban J connectivity index is 1.89. The fourth-order valence-electron chi connectivity index (χ4n) is 3.24. The smallest absolute Gasteiger partial charge is 0.262 e. The van der Waals surface area contributed by atoms with E-state index < -0.39 is 10.0 Å². The number of carbonyl (C=O) groups is 1. The van der Waals surface area contributed by atoms with Crippen LogP contribution in [0.1, 0.15) is 38.7 Å². The van der Waals surface area contributed by atoms with Gasteiger partial charge in [-0.25, -0.2) is 8.42 Å². The van der Waals surface area contributed by atoms with Crippen LogP contribution in [0, 0.1) is 0 Å². The molecule has 0 saturated heterocycles. The molecule has 148 valence electrons. The molecule has 2 aromatic rings. The molecule has 0 saturated carbocycles. The van der Waals surface area contributed by atoms with Crippen LogP contribution >= 0.6 is 11.6 Å². The van der Waals surface area contributed by atoms with E-state index in [1.807, 2.05) is 13.0 Å². The molecule has 1 aliphatic rings. The van der Waals surface area contributed by atoms with E-state index in [-0.39, 0.29) is 10.7 Å². The SMILES string of the molecule is CCc1ccccc1S(=O)(=O)Nc1ccc(Cl)c(NC2=C(C)C(=O)CCC2)c1. The molecule has 0 unspecified atom stereocenters. The number of aryl methyl sites for hydroxylation is 1. The van der Waals surface area contributed by atoms with Gasteiger partial charge in [0.1, 0.15) is 0 Å². The summed E-state index contributed by atoms with van der Waals surface area (Å²) in [6.45, 7) is 3.71. The van der Waals surface area contributed by atoms with Gasteiger partial charge >= 0.3 is 0 Å². The minimum atomic E-state index is -3.73. The summed E-state index contributed by atoms with van der Waals surface area (Å²) in [7, 11) is -3.73. The highest BCUT2D eigenvalue weighted by Gasteiger charge is 2.20. The Morgan fingerprint density at radius 3 is 2.61 bits per heavy atom. The van der Waals surface area contributed by atoms with Crippen molar-refractivity contribution in [1.82, 2.24) is 0 Å². The molecule has 0 bridgehead atoms. The minimum Gasteiger partial charge on any atom is -0.357 e. The summed E-state index contributed by atoms with van der Waals surface area (Å²) in [5, 5.41) is 3.66. The first-order valence-corrected chi connectivity index (χ1v) is 11.1. The molecule has 2 N–H and O–H groups in total. The Hall–Kier alpha value is -2.31. The molecule has 7 heteroatoms. The third-order valence-corrected chi connectivity index (χ3v) is 6.66. The van der Waals surface area contributed by atoms with Crippen molar-refractivity contribution in [1.29, 1.82) is 0 Å². The van der Waals surface area contributed by atoms with Gasteiger partial charge in [0.05, 0.1) is 21.3 Å². The molecule has 3 rings (SSSR count). The number of sulfonamides is 1. The largest absolute Gasteiger partial charge is 0.357 e. The van der Waals surface area contributed by atoms with Crippen LogP contribution in [0.15, 0.2) is 58.6 Å². The zero-order valence-corrected chi connectivity index (χ0v) is 17.5. The Bertz CT molecular complexity index is 1050. The number of allylic oxidation sites excluding steroid dienone is 2. The van der Waals surface area contributed by atoms with Crippen LogP contribution < -0.4 is 10.0 Å². The normalized spacial score (nSPS) is 14.9. The van der Waals surface area contributed by atoms with Gasteiger partial charge in [0, 0.05) is 17.7 Å². The maximum absolute atomic E-state index is 12.8. The van der Waals surface area contributed by atoms with Gasteiger partial charge in [0.2, 0.25) is 0 Å². The predicted molar refractivity (Wildman–Crippen MR) is 113 cm³/mol. The molecule has 2 aromatic carbocycles. The maximum Gasteiger partial charge on any atom is 0.262 e. The molecule has 0 spiro atoms. The topological polar surface area (TPSA) is 75.3 Å². The van der Waals surface area contributed by atoms with Crippen LogP contribution in [-0.2, 0) is 21.2 Å². The number of rotatable bonds is 6. The number of carbonyl (C=O) groups excluding carboxylic acids is 1. The van der Waals surface area contributed by atoms with Gasteiger partial charge in [-0.1, -0.05) is 36.7 Å². The lowest BCUT2D eigenvalue weighted by atomic mass is 9.96. The van der Waals surface area contributed by atoms with Crippen molar-refractivity contribution in [3.8, 4) is 0 Å². The number of anilines is 2. The summed E-state index contributed by atoms with van der Waals surface area (Å²) in [6, 6.07) is 11.8. The van der Waals surface area contributed by atoms with E-state index in [4.69, 9.17) is 11.6 Å². The van der Waals surface area contributed by atoms with Crippen molar-refractivity contribution in [3.05, 3.63) is 64.3 Å². The van der Waals surface area contributed by atoms with Gasteiger partial charge < -0.3 is 5.32 Å². The number of halogens is 1. The average molecular weight is 419 g/mol. The van der Waals surface area contributed by atoms with Crippen molar-refractivity contribution in [2.45, 2.75) is 44.4 Å². The molecule has 1 aliphatic carbocycles. The number of hydrogen-bond donors (Lipinski definition) is 2. The zero-order valence-electron chi connectivity index (χ0n) is 15.9. The Morgan fingerprint density at radius 1 is 1.11 bits per heavy atom. The lowest BCUT2D eigenvalue weighted by Crippen LogP contribution is -2.16. The van der Waals surface area contributed by atoms with E-state index in [9.17, 15) is 13.2 Å². The molecule has 28 heavy (non-hydrogen) atoms. The standard InChI is InChI=1S/C21H23ClN2O3S/c1-3-15-7-4-5-10-21(15)28(26,27)24-16-11-12-17(22)19(13-16)23-18-8-6-9-20(25)14(18)2/h4-5,7,10-13,23-24H,3,6,8-9H2,1-2H3. The maximum atomic E-state index is 12.8. The Morgan fingerprint density at radius 2 is 1.86 bits per heavy atom. The van der Waals surface area contributed by atoms with E-state index in [1.165, 1.54) is 0 Å². The van der Waals surface area contributed by atoms with Crippen molar-refractivity contribution in [2.75, 3.05) is 10.0 Å². The van der Waals surface area contributed by atoms with Crippen molar-refractivity contribution >= 4 is 38.8 Å². The van der Waals surface area contributed by atoms with E-state index in [0.29, 0.717) is 34.8 Å². The summed E-state index contributed by atoms with van der Waals surface area (Å²) < 4.78 is 28.3. The second-order valence-corrected chi connectivity index (χ2v) is 8.82. The highest BCUT2D eigenvalue weighted by molar-refractivity contribution is 7.92. The lowest BCUT2D eigenvalue weighted by molar-refractivity contribution is -0.116. The first kappa shape index (κ1) is 20.4. The van der Waals surface area contributed by atoms with Gasteiger partial charge in [-0.2, -0.15) is 0 Å². The number of nitrogens with one attached hydrogen (secondary N) is 2. The predicted octanol–water partition coefficient (Wildman–Crippen LogP) is 5.14. The van der Waals surface area contributed by atoms with Gasteiger partial charge in [-0.3, -0.25) is 9.52 Å². The molecule has 0 amide bonds. The molecule has 0 aromatic heterocycles. The van der Waals surface area contributed by atoms with E-state index in [1.54, 1.807) is 43.3 Å². The summed E-state index contributed by atoms with van der Waals surface area (Å²) in [5.74, 6) is 0.123. The number of benzene rings is 2. The van der Waals surface area contributed by atoms with Crippen molar-refractivity contribution < 1.29 is 13.2 Å². The zero-order chi connectivity index (χ0) is 20.3. The molecule has 0 fully saturated rings. The van der Waals surface area contributed by atoms with Gasteiger partial charge in [-0.05, 0) is 56.0 Å². The summed E-state index contributed by atoms with van der Waals surface area (Å²) >= 11 is 6.29. The second kappa shape index (κ2) is 8.37. The fourth-order valence-corrected chi connectivity index (χ4v) is 4.77. The molecular weight excluding hydrogens is 396 g/mol. The molecular formula is C21H23ClN2O3S. The van der Waals surface area contributed by atoms with Crippen LogP contribution in [0.3, 0.4) is 0 Å². The molecule has 0 heterocycles. The number of hydrogen-bond acceptors (Lipinski definition) is 4. The number of Topliss-reactive ketones (excluding diaryl/α,β-unsaturated/α-hetero) is 1. The number of ketones is 1. The van der Waals surface area contributed by atoms with Crippen LogP contribution in [0.25, 0.3) is 0 Å². The monoisotopic (exact) mass is 418 g/mol. The molecule has 0 atom stereocenters. The van der Waals surface area contributed by atoms with Crippen LogP contribution in [-0.4, -0.2) is 14.2 Å². The quantitative estimate of drug-likeness (QED) is 0.680. The Labute approximate surface area is 170 Å². The van der Waals surface area contributed by atoms with E-state index in [0.717, 1.165) is 24.1 Å². The van der Waals surface area contributed by atoms with Crippen LogP contribution in [0.2, 0.25) is 5.02 Å². The summed E-state index contributed by atoms with van der Waals surface area (Å²) in [6.07, 6.45) is 2.72. The lowest BCUT2D eigenvalue weighted by Gasteiger charge is -2.20. The van der Waals surface area contributed by atoms with Gasteiger partial charge in [0.15, 0.2) is 5.78 Å².